The summed E-state index contributed by atoms with van der Waals surface area (Å²) in [6.45, 7) is 7.73. The van der Waals surface area contributed by atoms with Gasteiger partial charge in [-0.3, -0.25) is 4.99 Å². The third-order valence-corrected chi connectivity index (χ3v) is 4.16. The fourth-order valence-electron chi connectivity index (χ4n) is 2.76. The van der Waals surface area contributed by atoms with Gasteiger partial charge in [0.15, 0.2) is 17.5 Å². The predicted molar refractivity (Wildman–Crippen MR) is 112 cm³/mol. The van der Waals surface area contributed by atoms with Gasteiger partial charge in [-0.2, -0.15) is 5.26 Å². The Hall–Kier alpha value is -3.20. The molecule has 2 rings (SSSR count). The fraction of sp³-hybridized carbons (Fsp3) is 0.364. The van der Waals surface area contributed by atoms with E-state index in [-0.39, 0.29) is 6.04 Å². The first-order valence-electron chi connectivity index (χ1n) is 9.47. The van der Waals surface area contributed by atoms with E-state index in [2.05, 4.69) is 28.6 Å². The molecule has 0 bridgehead atoms. The van der Waals surface area contributed by atoms with E-state index >= 15 is 0 Å². The van der Waals surface area contributed by atoms with Crippen molar-refractivity contribution in [3.63, 3.8) is 0 Å². The van der Waals surface area contributed by atoms with Gasteiger partial charge < -0.3 is 20.1 Å². The fourth-order valence-corrected chi connectivity index (χ4v) is 2.76. The molecule has 2 aromatic carbocycles. The molecule has 148 valence electrons. The van der Waals surface area contributed by atoms with Crippen LogP contribution in [0.25, 0.3) is 0 Å². The smallest absolute Gasteiger partial charge is 0.191 e. The minimum atomic E-state index is 0.0199. The summed E-state index contributed by atoms with van der Waals surface area (Å²) in [5.41, 5.74) is 2.74. The molecule has 0 aliphatic heterocycles. The Morgan fingerprint density at radius 1 is 1.11 bits per heavy atom. The van der Waals surface area contributed by atoms with Crippen molar-refractivity contribution in [3.05, 3.63) is 59.2 Å². The van der Waals surface area contributed by atoms with E-state index < -0.39 is 0 Å². The number of nitrogens with one attached hydrogen (secondary N) is 2. The lowest BCUT2D eigenvalue weighted by molar-refractivity contribution is 0.287. The molecular formula is C22H28N4O2. The van der Waals surface area contributed by atoms with Crippen LogP contribution in [0.3, 0.4) is 0 Å². The van der Waals surface area contributed by atoms with Crippen LogP contribution in [0.4, 0.5) is 0 Å². The van der Waals surface area contributed by atoms with Gasteiger partial charge in [0, 0.05) is 13.6 Å². The minimum Gasteiger partial charge on any atom is -0.490 e. The Morgan fingerprint density at radius 3 is 2.54 bits per heavy atom. The van der Waals surface area contributed by atoms with Gasteiger partial charge in [-0.05, 0) is 56.2 Å². The van der Waals surface area contributed by atoms with Gasteiger partial charge in [-0.1, -0.05) is 18.2 Å². The van der Waals surface area contributed by atoms with Gasteiger partial charge in [-0.25, -0.2) is 0 Å². The zero-order valence-corrected chi connectivity index (χ0v) is 17.0. The monoisotopic (exact) mass is 380 g/mol. The molecular weight excluding hydrogens is 352 g/mol. The second-order valence-corrected chi connectivity index (χ2v) is 6.18. The predicted octanol–water partition coefficient (Wildman–Crippen LogP) is 3.78. The summed E-state index contributed by atoms with van der Waals surface area (Å²) in [5, 5.41) is 15.7. The highest BCUT2D eigenvalue weighted by atomic mass is 16.5. The van der Waals surface area contributed by atoms with Crippen molar-refractivity contribution >= 4 is 5.96 Å². The first-order chi connectivity index (χ1) is 13.6. The molecule has 0 amide bonds. The van der Waals surface area contributed by atoms with Crippen LogP contribution in [0.2, 0.25) is 0 Å². The topological polar surface area (TPSA) is 78.7 Å². The molecule has 1 atom stereocenters. The third kappa shape index (κ3) is 5.92. The average molecular weight is 380 g/mol. The summed E-state index contributed by atoms with van der Waals surface area (Å²) < 4.78 is 11.3. The maximum atomic E-state index is 9.02. The number of benzene rings is 2. The van der Waals surface area contributed by atoms with Crippen LogP contribution < -0.4 is 20.1 Å². The summed E-state index contributed by atoms with van der Waals surface area (Å²) in [6, 6.07) is 15.6. The van der Waals surface area contributed by atoms with Gasteiger partial charge >= 0.3 is 0 Å². The zero-order chi connectivity index (χ0) is 20.4. The number of nitrogens with zero attached hydrogens (tertiary/aromatic N) is 2. The lowest BCUT2D eigenvalue weighted by atomic mass is 10.1. The summed E-state index contributed by atoms with van der Waals surface area (Å²) in [4.78, 5) is 4.29. The molecule has 1 unspecified atom stereocenters. The Bertz CT molecular complexity index is 843. The van der Waals surface area contributed by atoms with Crippen molar-refractivity contribution in [2.24, 2.45) is 4.99 Å². The number of aliphatic imine (C=N–C) groups is 1. The number of nitriles is 1. The molecule has 0 heterocycles. The highest BCUT2D eigenvalue weighted by Crippen LogP contribution is 2.30. The van der Waals surface area contributed by atoms with Crippen LogP contribution in [0.1, 0.15) is 43.5 Å². The van der Waals surface area contributed by atoms with Crippen LogP contribution in [0.15, 0.2) is 47.5 Å². The van der Waals surface area contributed by atoms with E-state index in [0.29, 0.717) is 31.3 Å². The molecule has 0 spiro atoms. The third-order valence-electron chi connectivity index (χ3n) is 4.16. The van der Waals surface area contributed by atoms with Crippen molar-refractivity contribution in [1.29, 1.82) is 5.26 Å². The van der Waals surface area contributed by atoms with Crippen molar-refractivity contribution in [1.82, 2.24) is 10.6 Å². The molecule has 0 saturated heterocycles. The summed E-state index contributed by atoms with van der Waals surface area (Å²) in [6.07, 6.45) is 0. The maximum absolute atomic E-state index is 9.02. The van der Waals surface area contributed by atoms with E-state index in [0.717, 1.165) is 22.6 Å². The molecule has 0 aliphatic rings. The van der Waals surface area contributed by atoms with E-state index in [1.165, 1.54) is 0 Å². The molecule has 0 aliphatic carbocycles. The van der Waals surface area contributed by atoms with E-state index in [1.54, 1.807) is 13.1 Å². The minimum absolute atomic E-state index is 0.0199. The zero-order valence-electron chi connectivity index (χ0n) is 17.0. The normalized spacial score (nSPS) is 12.0. The number of hydrogen-bond acceptors (Lipinski definition) is 4. The van der Waals surface area contributed by atoms with Gasteiger partial charge in [-0.15, -0.1) is 0 Å². The molecule has 0 aromatic heterocycles. The van der Waals surface area contributed by atoms with Gasteiger partial charge in [0.25, 0.3) is 0 Å². The van der Waals surface area contributed by atoms with Gasteiger partial charge in [0.05, 0.1) is 30.9 Å². The molecule has 0 radical (unpaired) electrons. The van der Waals surface area contributed by atoms with Crippen molar-refractivity contribution < 1.29 is 9.47 Å². The Morgan fingerprint density at radius 2 is 1.86 bits per heavy atom. The molecule has 2 aromatic rings. The van der Waals surface area contributed by atoms with E-state index in [1.807, 2.05) is 50.2 Å². The van der Waals surface area contributed by atoms with Crippen LogP contribution in [0.5, 0.6) is 11.5 Å². The average Bonchev–Trinajstić information content (AvgIpc) is 2.72. The number of rotatable bonds is 8. The number of hydrogen-bond donors (Lipinski definition) is 2. The second kappa shape index (κ2) is 10.8. The molecule has 28 heavy (non-hydrogen) atoms. The summed E-state index contributed by atoms with van der Waals surface area (Å²) in [7, 11) is 1.73. The first-order valence-corrected chi connectivity index (χ1v) is 9.47. The number of ether oxygens (including phenoxy) is 2. The summed E-state index contributed by atoms with van der Waals surface area (Å²) in [5.74, 6) is 2.17. The van der Waals surface area contributed by atoms with Crippen molar-refractivity contribution in [3.8, 4) is 17.6 Å². The van der Waals surface area contributed by atoms with Crippen molar-refractivity contribution in [2.75, 3.05) is 20.3 Å². The van der Waals surface area contributed by atoms with Crippen LogP contribution in [0, 0.1) is 11.3 Å². The lowest BCUT2D eigenvalue weighted by Gasteiger charge is -2.20. The van der Waals surface area contributed by atoms with Gasteiger partial charge in [0.1, 0.15) is 0 Å². The molecule has 6 heteroatoms. The Kier molecular flexibility index (Phi) is 8.16. The lowest BCUT2D eigenvalue weighted by Crippen LogP contribution is -2.38. The molecule has 6 nitrogen and oxygen atoms in total. The number of guanidine groups is 1. The SMILES string of the molecule is CCOc1ccc(C(C)NC(=NC)NCc2cccc(C#N)c2)cc1OCC. The molecule has 0 fully saturated rings. The Labute approximate surface area is 167 Å². The van der Waals surface area contributed by atoms with E-state index in [9.17, 15) is 0 Å². The Balaban J connectivity index is 2.04. The largest absolute Gasteiger partial charge is 0.490 e. The van der Waals surface area contributed by atoms with Crippen molar-refractivity contribution in [2.45, 2.75) is 33.4 Å². The quantitative estimate of drug-likeness (QED) is 0.538. The van der Waals surface area contributed by atoms with Crippen LogP contribution in [-0.4, -0.2) is 26.2 Å². The summed E-state index contributed by atoms with van der Waals surface area (Å²) >= 11 is 0. The highest BCUT2D eigenvalue weighted by molar-refractivity contribution is 5.80. The molecule has 2 N–H and O–H groups in total. The molecule has 0 saturated carbocycles. The second-order valence-electron chi connectivity index (χ2n) is 6.18. The highest BCUT2D eigenvalue weighted by Gasteiger charge is 2.12. The van der Waals surface area contributed by atoms with E-state index in [4.69, 9.17) is 14.7 Å². The maximum Gasteiger partial charge on any atom is 0.191 e. The van der Waals surface area contributed by atoms with Crippen LogP contribution >= 0.6 is 0 Å². The van der Waals surface area contributed by atoms with Gasteiger partial charge in [0.2, 0.25) is 0 Å². The standard InChI is InChI=1S/C22H28N4O2/c1-5-27-20-11-10-19(13-21(20)28-6-2)16(3)26-22(24-4)25-15-18-9-7-8-17(12-18)14-23/h7-13,16H,5-6,15H2,1-4H3,(H2,24,25,26). The first kappa shape index (κ1) is 21.1. The van der Waals surface area contributed by atoms with Crippen LogP contribution in [-0.2, 0) is 6.54 Å².